The lowest BCUT2D eigenvalue weighted by atomic mass is 10.2. The lowest BCUT2D eigenvalue weighted by Gasteiger charge is -2.16. The van der Waals surface area contributed by atoms with Crippen LogP contribution < -0.4 is 19.9 Å². The van der Waals surface area contributed by atoms with Gasteiger partial charge in [0.25, 0.3) is 5.91 Å². The van der Waals surface area contributed by atoms with Gasteiger partial charge >= 0.3 is 0 Å². The molecular formula is C18H24N2O5. The fourth-order valence-electron chi connectivity index (χ4n) is 2.28. The number of benzene rings is 1. The van der Waals surface area contributed by atoms with Crippen molar-refractivity contribution >= 4 is 5.91 Å². The van der Waals surface area contributed by atoms with Crippen LogP contribution in [0.1, 0.15) is 22.5 Å². The number of amides is 1. The second-order valence-corrected chi connectivity index (χ2v) is 5.48. The van der Waals surface area contributed by atoms with E-state index in [2.05, 4.69) is 0 Å². The van der Waals surface area contributed by atoms with Crippen LogP contribution in [0, 0.1) is 0 Å². The predicted octanol–water partition coefficient (Wildman–Crippen LogP) is 2.30. The average Bonchev–Trinajstić information content (AvgIpc) is 3.13. The van der Waals surface area contributed by atoms with Crippen molar-refractivity contribution in [1.29, 1.82) is 0 Å². The number of carbonyl (C=O) groups excluding carboxylic acids is 1. The van der Waals surface area contributed by atoms with Crippen LogP contribution in [0.2, 0.25) is 0 Å². The van der Waals surface area contributed by atoms with Crippen molar-refractivity contribution in [3.63, 3.8) is 0 Å². The topological polar surface area (TPSA) is 87.2 Å². The molecule has 1 amide bonds. The van der Waals surface area contributed by atoms with E-state index in [1.807, 2.05) is 0 Å². The summed E-state index contributed by atoms with van der Waals surface area (Å²) in [5.41, 5.74) is 5.98. The molecule has 0 aliphatic rings. The largest absolute Gasteiger partial charge is 0.496 e. The van der Waals surface area contributed by atoms with Gasteiger partial charge in [-0.1, -0.05) is 0 Å². The van der Waals surface area contributed by atoms with E-state index in [0.29, 0.717) is 48.1 Å². The van der Waals surface area contributed by atoms with Crippen LogP contribution >= 0.6 is 0 Å². The van der Waals surface area contributed by atoms with Crippen molar-refractivity contribution < 1.29 is 23.4 Å². The molecule has 136 valence electrons. The Bertz CT molecular complexity index is 676. The monoisotopic (exact) mass is 348 g/mol. The van der Waals surface area contributed by atoms with Crippen LogP contribution in [0.3, 0.4) is 0 Å². The van der Waals surface area contributed by atoms with E-state index in [1.54, 1.807) is 50.4 Å². The molecule has 1 aromatic carbocycles. The van der Waals surface area contributed by atoms with Crippen LogP contribution in [0.15, 0.2) is 34.9 Å². The van der Waals surface area contributed by atoms with Gasteiger partial charge in [0.05, 0.1) is 32.9 Å². The molecule has 0 bridgehead atoms. The Morgan fingerprint density at radius 2 is 1.76 bits per heavy atom. The van der Waals surface area contributed by atoms with E-state index in [4.69, 9.17) is 24.4 Å². The molecule has 7 nitrogen and oxygen atoms in total. The van der Waals surface area contributed by atoms with Gasteiger partial charge in [0.15, 0.2) is 0 Å². The number of methoxy groups -OCH3 is 2. The highest BCUT2D eigenvalue weighted by Crippen LogP contribution is 2.27. The Labute approximate surface area is 147 Å². The number of carbonyl (C=O) groups is 1. The Kier molecular flexibility index (Phi) is 6.71. The molecular weight excluding hydrogens is 324 g/mol. The van der Waals surface area contributed by atoms with Crippen molar-refractivity contribution in [2.75, 3.05) is 34.4 Å². The molecule has 0 fully saturated rings. The fraction of sp³-hybridized carbons (Fsp3) is 0.389. The van der Waals surface area contributed by atoms with Gasteiger partial charge in [-0.25, -0.2) is 0 Å². The lowest BCUT2D eigenvalue weighted by molar-refractivity contribution is 0.0787. The van der Waals surface area contributed by atoms with E-state index in [1.165, 1.54) is 6.26 Å². The molecule has 0 saturated carbocycles. The maximum absolute atomic E-state index is 12.3. The van der Waals surface area contributed by atoms with Crippen molar-refractivity contribution in [2.45, 2.75) is 13.0 Å². The second kappa shape index (κ2) is 8.98. The molecule has 0 saturated heterocycles. The first kappa shape index (κ1) is 18.7. The molecule has 0 unspecified atom stereocenters. The lowest BCUT2D eigenvalue weighted by Crippen LogP contribution is -2.28. The van der Waals surface area contributed by atoms with Crippen molar-refractivity contribution in [1.82, 2.24) is 4.90 Å². The number of nitrogens with two attached hydrogens (primary N) is 1. The van der Waals surface area contributed by atoms with Crippen molar-refractivity contribution in [3.8, 4) is 17.2 Å². The molecule has 0 atom stereocenters. The third-order valence-corrected chi connectivity index (χ3v) is 3.68. The summed E-state index contributed by atoms with van der Waals surface area (Å²) in [4.78, 5) is 13.9. The van der Waals surface area contributed by atoms with E-state index in [-0.39, 0.29) is 12.5 Å². The maximum Gasteiger partial charge on any atom is 0.256 e. The molecule has 0 spiro atoms. The minimum atomic E-state index is -0.105. The summed E-state index contributed by atoms with van der Waals surface area (Å²) in [5, 5.41) is 0. The zero-order chi connectivity index (χ0) is 18.2. The quantitative estimate of drug-likeness (QED) is 0.700. The summed E-state index contributed by atoms with van der Waals surface area (Å²) >= 11 is 0. The maximum atomic E-state index is 12.3. The van der Waals surface area contributed by atoms with E-state index >= 15 is 0 Å². The van der Waals surface area contributed by atoms with Crippen LogP contribution in [0.4, 0.5) is 0 Å². The highest BCUT2D eigenvalue weighted by molar-refractivity contribution is 5.93. The third kappa shape index (κ3) is 5.15. The Hall–Kier alpha value is -2.67. The number of hydrogen-bond donors (Lipinski definition) is 1. The molecule has 25 heavy (non-hydrogen) atoms. The second-order valence-electron chi connectivity index (χ2n) is 5.48. The van der Waals surface area contributed by atoms with E-state index < -0.39 is 0 Å². The van der Waals surface area contributed by atoms with Crippen LogP contribution in [-0.2, 0) is 6.54 Å². The average molecular weight is 348 g/mol. The van der Waals surface area contributed by atoms with Gasteiger partial charge in [-0.3, -0.25) is 4.79 Å². The highest BCUT2D eigenvalue weighted by Gasteiger charge is 2.14. The van der Waals surface area contributed by atoms with Crippen LogP contribution in [-0.4, -0.2) is 45.2 Å². The summed E-state index contributed by atoms with van der Waals surface area (Å²) < 4.78 is 21.3. The summed E-state index contributed by atoms with van der Waals surface area (Å²) in [5.74, 6) is 2.47. The molecule has 2 aromatic rings. The summed E-state index contributed by atoms with van der Waals surface area (Å²) in [6.07, 6.45) is 2.11. The smallest absolute Gasteiger partial charge is 0.256 e. The summed E-state index contributed by atoms with van der Waals surface area (Å²) in [6.45, 7) is 1.30. The molecule has 0 aliphatic heterocycles. The molecule has 2 N–H and O–H groups in total. The molecule has 1 aromatic heterocycles. The highest BCUT2D eigenvalue weighted by atomic mass is 16.5. The van der Waals surface area contributed by atoms with Gasteiger partial charge in [-0.05, 0) is 12.5 Å². The van der Waals surface area contributed by atoms with Gasteiger partial charge in [-0.15, -0.1) is 0 Å². The first-order chi connectivity index (χ1) is 12.1. The van der Waals surface area contributed by atoms with Crippen molar-refractivity contribution in [2.24, 2.45) is 5.73 Å². The van der Waals surface area contributed by atoms with Gasteiger partial charge in [0, 0.05) is 31.8 Å². The third-order valence-electron chi connectivity index (χ3n) is 3.68. The predicted molar refractivity (Wildman–Crippen MR) is 93.2 cm³/mol. The molecule has 2 rings (SSSR count). The summed E-state index contributed by atoms with van der Waals surface area (Å²) in [7, 11) is 4.92. The summed E-state index contributed by atoms with van der Waals surface area (Å²) in [6, 6.07) is 7.02. The molecule has 0 radical (unpaired) electrons. The number of ether oxygens (including phenoxy) is 3. The van der Waals surface area contributed by atoms with Crippen molar-refractivity contribution in [3.05, 3.63) is 41.9 Å². The zero-order valence-electron chi connectivity index (χ0n) is 14.8. The number of hydrogen-bond acceptors (Lipinski definition) is 6. The van der Waals surface area contributed by atoms with Gasteiger partial charge in [0.2, 0.25) is 0 Å². The van der Waals surface area contributed by atoms with Gasteiger partial charge in [0.1, 0.15) is 29.3 Å². The standard InChI is InChI=1S/C18H24N2O5/c1-20(18(21)13-7-17(11-19)25-12-13)5-4-6-24-16-9-14(22-2)8-15(10-16)23-3/h7-10,12H,4-6,11,19H2,1-3H3. The normalized spacial score (nSPS) is 10.4. The number of furan rings is 1. The Morgan fingerprint density at radius 3 is 2.32 bits per heavy atom. The Morgan fingerprint density at radius 1 is 1.12 bits per heavy atom. The van der Waals surface area contributed by atoms with Crippen LogP contribution in [0.5, 0.6) is 17.2 Å². The molecule has 1 heterocycles. The minimum absolute atomic E-state index is 0.105. The fourth-order valence-corrected chi connectivity index (χ4v) is 2.28. The number of rotatable bonds is 9. The van der Waals surface area contributed by atoms with E-state index in [0.717, 1.165) is 0 Å². The molecule has 7 heteroatoms. The van der Waals surface area contributed by atoms with E-state index in [9.17, 15) is 4.79 Å². The SMILES string of the molecule is COc1cc(OC)cc(OCCCN(C)C(=O)c2coc(CN)c2)c1. The minimum Gasteiger partial charge on any atom is -0.496 e. The number of nitrogens with zero attached hydrogens (tertiary/aromatic N) is 1. The first-order valence-electron chi connectivity index (χ1n) is 7.96. The zero-order valence-corrected chi connectivity index (χ0v) is 14.8. The Balaban J connectivity index is 1.81. The molecule has 0 aliphatic carbocycles. The van der Waals surface area contributed by atoms with Gasteiger partial charge in [-0.2, -0.15) is 0 Å². The van der Waals surface area contributed by atoms with Crippen LogP contribution in [0.25, 0.3) is 0 Å². The first-order valence-corrected chi connectivity index (χ1v) is 7.96. The van der Waals surface area contributed by atoms with Gasteiger partial charge < -0.3 is 29.3 Å².